The van der Waals surface area contributed by atoms with Crippen LogP contribution in [-0.2, 0) is 0 Å². The molecule has 3 heterocycles. The molecule has 1 aliphatic carbocycles. The van der Waals surface area contributed by atoms with E-state index >= 15 is 0 Å². The number of carbonyl (C=O) groups excluding carboxylic acids is 1. The molecule has 28 heavy (non-hydrogen) atoms. The molecule has 142 valence electrons. The third-order valence-corrected chi connectivity index (χ3v) is 5.70. The molecule has 1 N–H and O–H groups in total. The zero-order chi connectivity index (χ0) is 19.3. The molecule has 1 fully saturated rings. The Labute approximate surface area is 164 Å². The summed E-state index contributed by atoms with van der Waals surface area (Å²) in [5.41, 5.74) is 3.31. The number of nitrogens with one attached hydrogen (secondary N) is 1. The number of aromatic nitrogens is 3. The SMILES string of the molecule is CCOc1ccc2nc(NC(=O)c3cc(C4CC4)nc4onc(C)c34)sc2c1. The maximum atomic E-state index is 13.1. The van der Waals surface area contributed by atoms with Gasteiger partial charge in [0.25, 0.3) is 11.6 Å². The van der Waals surface area contributed by atoms with Crippen LogP contribution < -0.4 is 10.1 Å². The van der Waals surface area contributed by atoms with E-state index in [0.29, 0.717) is 40.0 Å². The lowest BCUT2D eigenvalue weighted by Gasteiger charge is -2.05. The first kappa shape index (κ1) is 17.1. The molecule has 0 spiro atoms. The number of aryl methyl sites for hydroxylation is 1. The number of amides is 1. The number of fused-ring (bicyclic) bond motifs is 2. The maximum Gasteiger partial charge on any atom is 0.259 e. The molecule has 0 aliphatic heterocycles. The van der Waals surface area contributed by atoms with Crippen LogP contribution in [0.3, 0.4) is 0 Å². The summed E-state index contributed by atoms with van der Waals surface area (Å²) in [6.07, 6.45) is 2.18. The van der Waals surface area contributed by atoms with Crippen molar-refractivity contribution in [1.82, 2.24) is 15.1 Å². The Morgan fingerprint density at radius 1 is 1.32 bits per heavy atom. The summed E-state index contributed by atoms with van der Waals surface area (Å²) < 4.78 is 11.8. The molecule has 0 saturated heterocycles. The summed E-state index contributed by atoms with van der Waals surface area (Å²) in [6, 6.07) is 7.57. The molecule has 8 heteroatoms. The molecule has 3 aromatic heterocycles. The van der Waals surface area contributed by atoms with Crippen molar-refractivity contribution in [2.75, 3.05) is 11.9 Å². The first-order valence-electron chi connectivity index (χ1n) is 9.24. The minimum atomic E-state index is -0.232. The number of thiazole rings is 1. The second-order valence-electron chi connectivity index (χ2n) is 6.85. The molecule has 1 amide bonds. The van der Waals surface area contributed by atoms with E-state index in [2.05, 4.69) is 20.4 Å². The molecular weight excluding hydrogens is 376 g/mol. The summed E-state index contributed by atoms with van der Waals surface area (Å²) >= 11 is 1.42. The van der Waals surface area contributed by atoms with Crippen molar-refractivity contribution in [1.29, 1.82) is 0 Å². The highest BCUT2D eigenvalue weighted by Crippen LogP contribution is 2.40. The number of benzene rings is 1. The van der Waals surface area contributed by atoms with Crippen LogP contribution in [0.15, 0.2) is 28.8 Å². The van der Waals surface area contributed by atoms with Gasteiger partial charge in [0, 0.05) is 11.6 Å². The van der Waals surface area contributed by atoms with Crippen LogP contribution in [0.5, 0.6) is 5.75 Å². The lowest BCUT2D eigenvalue weighted by Crippen LogP contribution is -2.13. The second kappa shape index (κ2) is 6.56. The summed E-state index contributed by atoms with van der Waals surface area (Å²) in [4.78, 5) is 22.1. The van der Waals surface area contributed by atoms with Crippen molar-refractivity contribution in [2.24, 2.45) is 0 Å². The van der Waals surface area contributed by atoms with Crippen molar-refractivity contribution < 1.29 is 14.1 Å². The predicted octanol–water partition coefficient (Wildman–Crippen LogP) is 4.67. The lowest BCUT2D eigenvalue weighted by atomic mass is 10.1. The Balaban J connectivity index is 1.50. The number of carbonyl (C=O) groups is 1. The first-order chi connectivity index (χ1) is 13.6. The molecule has 4 aromatic rings. The number of hydrogen-bond donors (Lipinski definition) is 1. The fourth-order valence-electron chi connectivity index (χ4n) is 3.26. The van der Waals surface area contributed by atoms with Crippen molar-refractivity contribution in [2.45, 2.75) is 32.6 Å². The van der Waals surface area contributed by atoms with Crippen LogP contribution in [0.25, 0.3) is 21.3 Å². The van der Waals surface area contributed by atoms with Gasteiger partial charge in [0.1, 0.15) is 5.75 Å². The van der Waals surface area contributed by atoms with Gasteiger partial charge in [-0.25, -0.2) is 9.97 Å². The van der Waals surface area contributed by atoms with E-state index in [-0.39, 0.29) is 5.91 Å². The van der Waals surface area contributed by atoms with Crippen molar-refractivity contribution in [3.05, 3.63) is 41.2 Å². The Bertz CT molecular complexity index is 1210. The zero-order valence-corrected chi connectivity index (χ0v) is 16.3. The van der Waals surface area contributed by atoms with E-state index in [1.807, 2.05) is 38.1 Å². The minimum Gasteiger partial charge on any atom is -0.494 e. The Morgan fingerprint density at radius 2 is 2.18 bits per heavy atom. The van der Waals surface area contributed by atoms with Gasteiger partial charge >= 0.3 is 0 Å². The molecule has 0 bridgehead atoms. The molecule has 1 aliphatic rings. The highest BCUT2D eigenvalue weighted by atomic mass is 32.1. The maximum absolute atomic E-state index is 13.1. The summed E-state index contributed by atoms with van der Waals surface area (Å²) in [6.45, 7) is 4.36. The van der Waals surface area contributed by atoms with Gasteiger partial charge in [0.2, 0.25) is 0 Å². The molecule has 5 rings (SSSR count). The largest absolute Gasteiger partial charge is 0.494 e. The van der Waals surface area contributed by atoms with Gasteiger partial charge in [-0.1, -0.05) is 16.5 Å². The van der Waals surface area contributed by atoms with Crippen LogP contribution in [0.4, 0.5) is 5.13 Å². The monoisotopic (exact) mass is 394 g/mol. The van der Waals surface area contributed by atoms with Crippen molar-refractivity contribution in [3.63, 3.8) is 0 Å². The van der Waals surface area contributed by atoms with Gasteiger partial charge in [0.15, 0.2) is 5.13 Å². The average molecular weight is 394 g/mol. The van der Waals surface area contributed by atoms with Gasteiger partial charge in [-0.15, -0.1) is 0 Å². The molecule has 1 aromatic carbocycles. The molecule has 1 saturated carbocycles. The van der Waals surface area contributed by atoms with Gasteiger partial charge in [0.05, 0.1) is 33.5 Å². The second-order valence-corrected chi connectivity index (χ2v) is 7.88. The Morgan fingerprint density at radius 3 is 2.96 bits per heavy atom. The molecule has 0 radical (unpaired) electrons. The van der Waals surface area contributed by atoms with E-state index in [4.69, 9.17) is 9.26 Å². The van der Waals surface area contributed by atoms with Crippen LogP contribution >= 0.6 is 11.3 Å². The molecule has 0 atom stereocenters. The van der Waals surface area contributed by atoms with Crippen LogP contribution in [0.2, 0.25) is 0 Å². The highest BCUT2D eigenvalue weighted by molar-refractivity contribution is 7.22. The third kappa shape index (κ3) is 2.99. The van der Waals surface area contributed by atoms with E-state index in [1.54, 1.807) is 0 Å². The Kier molecular flexibility index (Phi) is 4.01. The summed E-state index contributed by atoms with van der Waals surface area (Å²) in [7, 11) is 0. The predicted molar refractivity (Wildman–Crippen MR) is 107 cm³/mol. The minimum absolute atomic E-state index is 0.232. The van der Waals surface area contributed by atoms with E-state index in [0.717, 1.165) is 34.5 Å². The van der Waals surface area contributed by atoms with Gasteiger partial charge in [-0.3, -0.25) is 10.1 Å². The smallest absolute Gasteiger partial charge is 0.259 e. The summed E-state index contributed by atoms with van der Waals surface area (Å²) in [5, 5.41) is 8.11. The third-order valence-electron chi connectivity index (χ3n) is 4.77. The van der Waals surface area contributed by atoms with Crippen LogP contribution in [-0.4, -0.2) is 27.6 Å². The quantitative estimate of drug-likeness (QED) is 0.529. The number of ether oxygens (including phenoxy) is 1. The van der Waals surface area contributed by atoms with Crippen molar-refractivity contribution >= 4 is 43.7 Å². The van der Waals surface area contributed by atoms with Crippen LogP contribution in [0.1, 0.15) is 47.4 Å². The normalized spacial score (nSPS) is 13.9. The molecule has 0 unspecified atom stereocenters. The number of nitrogens with zero attached hydrogens (tertiary/aromatic N) is 3. The van der Waals surface area contributed by atoms with Crippen LogP contribution in [0, 0.1) is 6.92 Å². The van der Waals surface area contributed by atoms with E-state index < -0.39 is 0 Å². The number of anilines is 1. The standard InChI is InChI=1S/C20H18N4O3S/c1-3-26-12-6-7-14-16(8-12)28-20(22-14)23-18(25)13-9-15(11-4-5-11)21-19-17(13)10(2)24-27-19/h6-9,11H,3-5H2,1-2H3,(H,22,23,25). The molecule has 7 nitrogen and oxygen atoms in total. The number of hydrogen-bond acceptors (Lipinski definition) is 7. The highest BCUT2D eigenvalue weighted by Gasteiger charge is 2.28. The van der Waals surface area contributed by atoms with Gasteiger partial charge in [-0.2, -0.15) is 0 Å². The van der Waals surface area contributed by atoms with Crippen molar-refractivity contribution in [3.8, 4) is 5.75 Å². The van der Waals surface area contributed by atoms with Gasteiger partial charge < -0.3 is 9.26 Å². The number of pyridine rings is 1. The fourth-order valence-corrected chi connectivity index (χ4v) is 4.15. The molecular formula is C20H18N4O3S. The lowest BCUT2D eigenvalue weighted by molar-refractivity contribution is 0.102. The Hall–Kier alpha value is -3.00. The average Bonchev–Trinajstić information content (AvgIpc) is 3.36. The first-order valence-corrected chi connectivity index (χ1v) is 10.1. The van der Waals surface area contributed by atoms with E-state index in [1.165, 1.54) is 11.3 Å². The van der Waals surface area contributed by atoms with E-state index in [9.17, 15) is 4.79 Å². The fraction of sp³-hybridized carbons (Fsp3) is 0.300. The summed E-state index contributed by atoms with van der Waals surface area (Å²) in [5.74, 6) is 0.965. The van der Waals surface area contributed by atoms with Gasteiger partial charge in [-0.05, 0) is 51.0 Å². The number of rotatable bonds is 5. The zero-order valence-electron chi connectivity index (χ0n) is 15.5. The topological polar surface area (TPSA) is 90.1 Å².